The van der Waals surface area contributed by atoms with Crippen LogP contribution in [0.4, 0.5) is 10.5 Å². The average molecular weight is 320 g/mol. The van der Waals surface area contributed by atoms with Crippen LogP contribution in [0.5, 0.6) is 0 Å². The number of para-hydroxylation sites is 1. The Morgan fingerprint density at radius 2 is 1.61 bits per heavy atom. The predicted octanol–water partition coefficient (Wildman–Crippen LogP) is 0.319. The summed E-state index contributed by atoms with van der Waals surface area (Å²) in [6.07, 6.45) is 0. The Labute approximate surface area is 131 Å². The summed E-state index contributed by atoms with van der Waals surface area (Å²) in [5.74, 6) is -3.29. The molecule has 1 fully saturated rings. The number of nitrogens with one attached hydrogen (secondary N) is 3. The number of amides is 2. The SMILES string of the molecule is CC1(C)OC(=O)C(=C(NNC(N)=O)Nc2ccccc2)C(=O)O1. The second kappa shape index (κ2) is 6.26. The first-order valence-electron chi connectivity index (χ1n) is 6.63. The molecule has 1 aliphatic heterocycles. The number of carbonyl (C=O) groups excluding carboxylic acids is 3. The molecule has 0 radical (unpaired) electrons. The Kier molecular flexibility index (Phi) is 4.39. The lowest BCUT2D eigenvalue weighted by atomic mass is 10.2. The quantitative estimate of drug-likeness (QED) is 0.272. The summed E-state index contributed by atoms with van der Waals surface area (Å²) in [6, 6.07) is 7.75. The van der Waals surface area contributed by atoms with E-state index in [1.54, 1.807) is 30.3 Å². The van der Waals surface area contributed by atoms with Crippen molar-refractivity contribution < 1.29 is 23.9 Å². The van der Waals surface area contributed by atoms with Crippen LogP contribution < -0.4 is 21.9 Å². The number of hydrazine groups is 1. The summed E-state index contributed by atoms with van der Waals surface area (Å²) in [7, 11) is 0. The number of carbonyl (C=O) groups is 3. The topological polar surface area (TPSA) is 132 Å². The van der Waals surface area contributed by atoms with E-state index in [2.05, 4.69) is 16.2 Å². The van der Waals surface area contributed by atoms with Crippen LogP contribution in [0.2, 0.25) is 0 Å². The number of hydrogen-bond acceptors (Lipinski definition) is 7. The molecule has 0 aromatic heterocycles. The van der Waals surface area contributed by atoms with Gasteiger partial charge in [-0.1, -0.05) is 18.2 Å². The first-order chi connectivity index (χ1) is 10.8. The fraction of sp³-hybridized carbons (Fsp3) is 0.214. The number of urea groups is 1. The van der Waals surface area contributed by atoms with Gasteiger partial charge < -0.3 is 20.5 Å². The van der Waals surface area contributed by atoms with Gasteiger partial charge in [0.1, 0.15) is 5.82 Å². The molecule has 0 spiro atoms. The smallest absolute Gasteiger partial charge is 0.352 e. The van der Waals surface area contributed by atoms with Crippen molar-refractivity contribution in [3.8, 4) is 0 Å². The van der Waals surface area contributed by atoms with Gasteiger partial charge in [0.05, 0.1) is 0 Å². The summed E-state index contributed by atoms with van der Waals surface area (Å²) in [5.41, 5.74) is 9.55. The van der Waals surface area contributed by atoms with Crippen LogP contribution in [0.25, 0.3) is 0 Å². The largest absolute Gasteiger partial charge is 0.419 e. The molecule has 5 N–H and O–H groups in total. The molecule has 9 heteroatoms. The highest BCUT2D eigenvalue weighted by atomic mass is 16.7. The fourth-order valence-corrected chi connectivity index (χ4v) is 1.80. The molecule has 0 bridgehead atoms. The Morgan fingerprint density at radius 3 is 2.13 bits per heavy atom. The van der Waals surface area contributed by atoms with E-state index in [-0.39, 0.29) is 5.82 Å². The molecule has 1 aliphatic rings. The van der Waals surface area contributed by atoms with E-state index in [0.29, 0.717) is 5.69 Å². The number of esters is 2. The van der Waals surface area contributed by atoms with Crippen LogP contribution in [0, 0.1) is 0 Å². The second-order valence-electron chi connectivity index (χ2n) is 5.03. The Bertz CT molecular complexity index is 647. The lowest BCUT2D eigenvalue weighted by Crippen LogP contribution is -2.47. The molecule has 23 heavy (non-hydrogen) atoms. The van der Waals surface area contributed by atoms with Gasteiger partial charge in [0.25, 0.3) is 5.79 Å². The van der Waals surface area contributed by atoms with Gasteiger partial charge in [-0.25, -0.2) is 14.4 Å². The molecule has 0 aliphatic carbocycles. The summed E-state index contributed by atoms with van der Waals surface area (Å²) in [5, 5.41) is 2.79. The zero-order valence-electron chi connectivity index (χ0n) is 12.5. The van der Waals surface area contributed by atoms with Crippen LogP contribution in [0.15, 0.2) is 41.7 Å². The minimum absolute atomic E-state index is 0.125. The van der Waals surface area contributed by atoms with Crippen molar-refractivity contribution in [3.05, 3.63) is 41.7 Å². The number of benzene rings is 1. The second-order valence-corrected chi connectivity index (χ2v) is 5.03. The maximum absolute atomic E-state index is 12.1. The number of primary amides is 1. The van der Waals surface area contributed by atoms with Gasteiger partial charge >= 0.3 is 18.0 Å². The normalized spacial score (nSPS) is 16.0. The molecule has 0 unspecified atom stereocenters. The minimum Gasteiger partial charge on any atom is -0.419 e. The molecule has 1 aromatic rings. The lowest BCUT2D eigenvalue weighted by molar-refractivity contribution is -0.222. The summed E-state index contributed by atoms with van der Waals surface area (Å²) >= 11 is 0. The van der Waals surface area contributed by atoms with Crippen LogP contribution in [-0.4, -0.2) is 23.8 Å². The molecule has 0 saturated carbocycles. The average Bonchev–Trinajstić information content (AvgIpc) is 2.43. The van der Waals surface area contributed by atoms with Crippen molar-refractivity contribution in [3.63, 3.8) is 0 Å². The highest BCUT2D eigenvalue weighted by molar-refractivity contribution is 6.16. The third-order valence-corrected chi connectivity index (χ3v) is 2.69. The number of ether oxygens (including phenoxy) is 2. The van der Waals surface area contributed by atoms with E-state index >= 15 is 0 Å². The van der Waals surface area contributed by atoms with Gasteiger partial charge in [0.2, 0.25) is 0 Å². The number of nitrogens with two attached hydrogens (primary N) is 1. The standard InChI is InChI=1S/C14H16N4O5/c1-14(2)22-11(19)9(12(20)23-14)10(17-18-13(15)21)16-8-6-4-3-5-7-8/h3-7,16-17H,1-2H3,(H3,15,18,21). The molecule has 1 heterocycles. The summed E-state index contributed by atoms with van der Waals surface area (Å²) in [6.45, 7) is 2.86. The van der Waals surface area contributed by atoms with Crippen LogP contribution in [0.1, 0.15) is 13.8 Å². The maximum Gasteiger partial charge on any atom is 0.352 e. The molecule has 122 valence electrons. The molecule has 2 rings (SSSR count). The van der Waals surface area contributed by atoms with Crippen LogP contribution in [-0.2, 0) is 19.1 Å². The minimum atomic E-state index is -1.37. The monoisotopic (exact) mass is 320 g/mol. The third kappa shape index (κ3) is 4.13. The van der Waals surface area contributed by atoms with Crippen molar-refractivity contribution in [2.45, 2.75) is 19.6 Å². The van der Waals surface area contributed by atoms with Crippen LogP contribution >= 0.6 is 0 Å². The zero-order chi connectivity index (χ0) is 17.0. The van der Waals surface area contributed by atoms with E-state index < -0.39 is 29.3 Å². The van der Waals surface area contributed by atoms with Gasteiger partial charge in [0.15, 0.2) is 5.57 Å². The number of cyclic esters (lactones) is 2. The van der Waals surface area contributed by atoms with Gasteiger partial charge in [-0.2, -0.15) is 0 Å². The van der Waals surface area contributed by atoms with Gasteiger partial charge in [-0.05, 0) is 12.1 Å². The van der Waals surface area contributed by atoms with E-state index in [1.807, 2.05) is 0 Å². The van der Waals surface area contributed by atoms with Crippen molar-refractivity contribution >= 4 is 23.7 Å². The van der Waals surface area contributed by atoms with Crippen molar-refractivity contribution in [2.75, 3.05) is 5.32 Å². The Morgan fingerprint density at radius 1 is 1.04 bits per heavy atom. The molecular formula is C14H16N4O5. The molecular weight excluding hydrogens is 304 g/mol. The Balaban J connectivity index is 2.36. The first-order valence-corrected chi connectivity index (χ1v) is 6.63. The van der Waals surface area contributed by atoms with E-state index in [1.165, 1.54) is 13.8 Å². The predicted molar refractivity (Wildman–Crippen MR) is 79.2 cm³/mol. The van der Waals surface area contributed by atoms with Gasteiger partial charge in [0, 0.05) is 19.5 Å². The number of rotatable bonds is 4. The fourth-order valence-electron chi connectivity index (χ4n) is 1.80. The van der Waals surface area contributed by atoms with Crippen LogP contribution in [0.3, 0.4) is 0 Å². The number of anilines is 1. The zero-order valence-corrected chi connectivity index (χ0v) is 12.5. The highest BCUT2D eigenvalue weighted by Crippen LogP contribution is 2.24. The highest BCUT2D eigenvalue weighted by Gasteiger charge is 2.41. The van der Waals surface area contributed by atoms with E-state index in [4.69, 9.17) is 15.2 Å². The summed E-state index contributed by atoms with van der Waals surface area (Å²) in [4.78, 5) is 35.1. The van der Waals surface area contributed by atoms with E-state index in [9.17, 15) is 14.4 Å². The van der Waals surface area contributed by atoms with Gasteiger partial charge in [-0.15, -0.1) is 0 Å². The number of hydrogen-bond donors (Lipinski definition) is 4. The third-order valence-electron chi connectivity index (χ3n) is 2.69. The van der Waals surface area contributed by atoms with Crippen molar-refractivity contribution in [1.82, 2.24) is 10.9 Å². The molecule has 1 aromatic carbocycles. The Hall–Kier alpha value is -3.23. The van der Waals surface area contributed by atoms with Gasteiger partial charge in [-0.3, -0.25) is 10.9 Å². The maximum atomic E-state index is 12.1. The molecule has 0 atom stereocenters. The first kappa shape index (κ1) is 16.1. The van der Waals surface area contributed by atoms with Crippen molar-refractivity contribution in [2.24, 2.45) is 5.73 Å². The van der Waals surface area contributed by atoms with E-state index in [0.717, 1.165) is 0 Å². The summed E-state index contributed by atoms with van der Waals surface area (Å²) < 4.78 is 10.0. The molecule has 9 nitrogen and oxygen atoms in total. The molecule has 1 saturated heterocycles. The van der Waals surface area contributed by atoms with Crippen molar-refractivity contribution in [1.29, 1.82) is 0 Å². The lowest BCUT2D eigenvalue weighted by Gasteiger charge is -2.31. The molecule has 2 amide bonds.